The van der Waals surface area contributed by atoms with Crippen LogP contribution >= 0.6 is 11.3 Å². The zero-order chi connectivity index (χ0) is 9.84. The van der Waals surface area contributed by atoms with Crippen molar-refractivity contribution in [2.45, 2.75) is 20.8 Å². The lowest BCUT2D eigenvalue weighted by Crippen LogP contribution is -2.14. The third kappa shape index (κ3) is 2.21. The van der Waals surface area contributed by atoms with Crippen molar-refractivity contribution in [1.82, 2.24) is 0 Å². The first-order valence-corrected chi connectivity index (χ1v) is 5.14. The standard InChI is InChI=1S/C12H14S/c1-5-7-10-8-12(9(3)4)13-11(10)6-2/h5-6,8H,3H2,1-2,4H3/b11-6+. The molecule has 0 aliphatic rings. The summed E-state index contributed by atoms with van der Waals surface area (Å²) < 4.78 is 1.27. The SMILES string of the molecule is C=C(C)c1cc(=C=CC)/c(=C\C)s1. The van der Waals surface area contributed by atoms with Crippen LogP contribution in [0.15, 0.2) is 18.7 Å². The van der Waals surface area contributed by atoms with Gasteiger partial charge in [-0.15, -0.1) is 17.1 Å². The maximum absolute atomic E-state index is 3.93. The summed E-state index contributed by atoms with van der Waals surface area (Å²) in [5, 5.41) is 1.17. The Balaban J connectivity index is 3.56. The van der Waals surface area contributed by atoms with E-state index in [2.05, 4.69) is 31.4 Å². The van der Waals surface area contributed by atoms with Crippen molar-refractivity contribution >= 4 is 28.7 Å². The number of rotatable bonds is 1. The Morgan fingerprint density at radius 3 is 2.69 bits per heavy atom. The van der Waals surface area contributed by atoms with Crippen LogP contribution < -0.4 is 9.75 Å². The average Bonchev–Trinajstić information content (AvgIpc) is 2.48. The van der Waals surface area contributed by atoms with Crippen LogP contribution in [0.3, 0.4) is 0 Å². The molecule has 0 fully saturated rings. The smallest absolute Gasteiger partial charge is 0.0384 e. The van der Waals surface area contributed by atoms with Crippen LogP contribution in [0.25, 0.3) is 17.4 Å². The van der Waals surface area contributed by atoms with Crippen LogP contribution in [-0.2, 0) is 0 Å². The minimum atomic E-state index is 1.12. The van der Waals surface area contributed by atoms with Gasteiger partial charge in [0.1, 0.15) is 0 Å². The molecule has 0 bridgehead atoms. The maximum Gasteiger partial charge on any atom is 0.0384 e. The van der Waals surface area contributed by atoms with Gasteiger partial charge < -0.3 is 0 Å². The van der Waals surface area contributed by atoms with E-state index in [0.29, 0.717) is 0 Å². The molecule has 0 N–H and O–H groups in total. The lowest BCUT2D eigenvalue weighted by atomic mass is 10.2. The van der Waals surface area contributed by atoms with Gasteiger partial charge in [-0.05, 0) is 38.5 Å². The molecule has 1 rings (SSSR count). The van der Waals surface area contributed by atoms with Crippen molar-refractivity contribution in [1.29, 1.82) is 0 Å². The number of thiophene rings is 1. The van der Waals surface area contributed by atoms with Crippen LogP contribution in [0.4, 0.5) is 0 Å². The van der Waals surface area contributed by atoms with Crippen molar-refractivity contribution in [3.05, 3.63) is 33.3 Å². The molecule has 1 heterocycles. The zero-order valence-corrected chi connectivity index (χ0v) is 9.16. The molecule has 0 aliphatic heterocycles. The van der Waals surface area contributed by atoms with E-state index >= 15 is 0 Å². The van der Waals surface area contributed by atoms with Crippen molar-refractivity contribution in [2.75, 3.05) is 0 Å². The molecule has 0 aliphatic carbocycles. The van der Waals surface area contributed by atoms with Gasteiger partial charge in [-0.3, -0.25) is 0 Å². The molecule has 1 heteroatoms. The fraction of sp³-hybridized carbons (Fsp3) is 0.250. The lowest BCUT2D eigenvalue weighted by Gasteiger charge is -1.86. The Morgan fingerprint density at radius 1 is 1.54 bits per heavy atom. The Kier molecular flexibility index (Phi) is 3.30. The van der Waals surface area contributed by atoms with E-state index in [4.69, 9.17) is 0 Å². The number of allylic oxidation sites excluding steroid dienone is 2. The molecule has 0 atom stereocenters. The molecule has 0 amide bonds. The zero-order valence-electron chi connectivity index (χ0n) is 8.35. The molecule has 0 nitrogen and oxygen atoms in total. The van der Waals surface area contributed by atoms with E-state index in [1.165, 1.54) is 14.6 Å². The second-order valence-electron chi connectivity index (χ2n) is 2.89. The normalized spacial score (nSPS) is 11.2. The third-order valence-corrected chi connectivity index (χ3v) is 3.11. The summed E-state index contributed by atoms with van der Waals surface area (Å²) in [7, 11) is 0. The predicted molar refractivity (Wildman–Crippen MR) is 62.1 cm³/mol. The Labute approximate surface area is 83.2 Å². The van der Waals surface area contributed by atoms with Gasteiger partial charge in [-0.1, -0.05) is 12.7 Å². The maximum atomic E-state index is 3.93. The summed E-state index contributed by atoms with van der Waals surface area (Å²) in [5.41, 5.74) is 4.34. The Hall–Kier alpha value is -1.04. The molecule has 0 aromatic carbocycles. The van der Waals surface area contributed by atoms with Gasteiger partial charge in [0, 0.05) is 14.6 Å². The second kappa shape index (κ2) is 4.27. The molecule has 0 saturated heterocycles. The summed E-state index contributed by atoms with van der Waals surface area (Å²) in [6.07, 6.45) is 4.06. The molecule has 0 radical (unpaired) electrons. The van der Waals surface area contributed by atoms with Gasteiger partial charge in [0.25, 0.3) is 0 Å². The Morgan fingerprint density at radius 2 is 2.23 bits per heavy atom. The summed E-state index contributed by atoms with van der Waals surface area (Å²) in [4.78, 5) is 1.25. The highest BCUT2D eigenvalue weighted by Gasteiger charge is 1.96. The van der Waals surface area contributed by atoms with E-state index in [-0.39, 0.29) is 0 Å². The molecule has 0 saturated carbocycles. The van der Waals surface area contributed by atoms with Crippen LogP contribution in [0, 0.1) is 0 Å². The van der Waals surface area contributed by atoms with Gasteiger partial charge in [0.15, 0.2) is 0 Å². The first-order valence-electron chi connectivity index (χ1n) is 4.32. The summed E-state index contributed by atoms with van der Waals surface area (Å²) in [6.45, 7) is 10.00. The Bertz CT molecular complexity index is 454. The van der Waals surface area contributed by atoms with Crippen molar-refractivity contribution in [3.63, 3.8) is 0 Å². The topological polar surface area (TPSA) is 0 Å². The highest BCUT2D eigenvalue weighted by Crippen LogP contribution is 2.11. The van der Waals surface area contributed by atoms with E-state index in [1.807, 2.05) is 19.9 Å². The number of hydrogen-bond acceptors (Lipinski definition) is 1. The monoisotopic (exact) mass is 190 g/mol. The molecular formula is C12H14S. The van der Waals surface area contributed by atoms with Gasteiger partial charge in [0.2, 0.25) is 0 Å². The highest BCUT2D eigenvalue weighted by molar-refractivity contribution is 7.11. The molecule has 1 aromatic rings. The van der Waals surface area contributed by atoms with Gasteiger partial charge in [-0.25, -0.2) is 0 Å². The molecule has 0 unspecified atom stereocenters. The van der Waals surface area contributed by atoms with E-state index in [0.717, 1.165) is 5.57 Å². The van der Waals surface area contributed by atoms with Crippen molar-refractivity contribution in [2.24, 2.45) is 0 Å². The first kappa shape index (κ1) is 10.0. The van der Waals surface area contributed by atoms with Crippen LogP contribution in [-0.4, -0.2) is 0 Å². The summed E-state index contributed by atoms with van der Waals surface area (Å²) in [5.74, 6) is 0. The van der Waals surface area contributed by atoms with Gasteiger partial charge in [0.05, 0.1) is 0 Å². The molecule has 13 heavy (non-hydrogen) atoms. The fourth-order valence-corrected chi connectivity index (χ4v) is 2.03. The third-order valence-electron chi connectivity index (χ3n) is 1.74. The quantitative estimate of drug-likeness (QED) is 0.638. The van der Waals surface area contributed by atoms with Crippen LogP contribution in [0.5, 0.6) is 0 Å². The minimum Gasteiger partial charge on any atom is -0.135 e. The second-order valence-corrected chi connectivity index (χ2v) is 3.97. The summed E-state index contributed by atoms with van der Waals surface area (Å²) in [6, 6.07) is 2.14. The summed E-state index contributed by atoms with van der Waals surface area (Å²) >= 11 is 1.77. The van der Waals surface area contributed by atoms with Gasteiger partial charge >= 0.3 is 0 Å². The molecular weight excluding hydrogens is 176 g/mol. The first-order chi connectivity index (χ1) is 6.19. The van der Waals surface area contributed by atoms with E-state index in [1.54, 1.807) is 11.3 Å². The van der Waals surface area contributed by atoms with Crippen molar-refractivity contribution < 1.29 is 0 Å². The van der Waals surface area contributed by atoms with E-state index in [9.17, 15) is 0 Å². The fourth-order valence-electron chi connectivity index (χ4n) is 1.10. The van der Waals surface area contributed by atoms with Gasteiger partial charge in [-0.2, -0.15) is 0 Å². The largest absolute Gasteiger partial charge is 0.135 e. The molecule has 68 valence electrons. The lowest BCUT2D eigenvalue weighted by molar-refractivity contribution is 1.65. The molecule has 0 spiro atoms. The number of hydrogen-bond donors (Lipinski definition) is 0. The minimum absolute atomic E-state index is 1.12. The average molecular weight is 190 g/mol. The van der Waals surface area contributed by atoms with E-state index < -0.39 is 0 Å². The predicted octanol–water partition coefficient (Wildman–Crippen LogP) is 2.54. The molecule has 1 aromatic heterocycles. The van der Waals surface area contributed by atoms with Crippen molar-refractivity contribution in [3.8, 4) is 0 Å². The highest BCUT2D eigenvalue weighted by atomic mass is 32.1. The van der Waals surface area contributed by atoms with Crippen LogP contribution in [0.1, 0.15) is 25.6 Å². The van der Waals surface area contributed by atoms with Crippen LogP contribution in [0.2, 0.25) is 0 Å².